The molecule has 1 rings (SSSR count). The van der Waals surface area contributed by atoms with Crippen LogP contribution in [0.3, 0.4) is 0 Å². The molecule has 0 heterocycles. The molecule has 0 aliphatic carbocycles. The van der Waals surface area contributed by atoms with Crippen molar-refractivity contribution in [2.45, 2.75) is 39.4 Å². The van der Waals surface area contributed by atoms with Crippen molar-refractivity contribution in [3.63, 3.8) is 0 Å². The standard InChI is InChI=1S/C13H21FN2/c1-10(2)15-8-11(3)16-9-12-4-6-13(14)7-5-12/h4-7,10-11,15-16H,8-9H2,1-3H3. The van der Waals surface area contributed by atoms with Crippen LogP contribution in [0.5, 0.6) is 0 Å². The van der Waals surface area contributed by atoms with E-state index in [0.29, 0.717) is 12.1 Å². The van der Waals surface area contributed by atoms with Crippen LogP contribution in [0.15, 0.2) is 24.3 Å². The normalized spacial score (nSPS) is 13.1. The van der Waals surface area contributed by atoms with Gasteiger partial charge in [0.1, 0.15) is 5.82 Å². The zero-order valence-electron chi connectivity index (χ0n) is 10.3. The molecule has 2 nitrogen and oxygen atoms in total. The largest absolute Gasteiger partial charge is 0.313 e. The topological polar surface area (TPSA) is 24.1 Å². The third kappa shape index (κ3) is 5.24. The Hall–Kier alpha value is -0.930. The molecule has 0 saturated heterocycles. The summed E-state index contributed by atoms with van der Waals surface area (Å²) < 4.78 is 12.7. The van der Waals surface area contributed by atoms with E-state index in [-0.39, 0.29) is 5.82 Å². The first-order valence-corrected chi connectivity index (χ1v) is 5.79. The summed E-state index contributed by atoms with van der Waals surface area (Å²) in [4.78, 5) is 0. The summed E-state index contributed by atoms with van der Waals surface area (Å²) in [5, 5.41) is 6.76. The number of hydrogen-bond acceptors (Lipinski definition) is 2. The maximum absolute atomic E-state index is 12.7. The highest BCUT2D eigenvalue weighted by atomic mass is 19.1. The Morgan fingerprint density at radius 2 is 1.69 bits per heavy atom. The molecule has 0 aromatic heterocycles. The van der Waals surface area contributed by atoms with Gasteiger partial charge in [0, 0.05) is 25.2 Å². The second-order valence-electron chi connectivity index (χ2n) is 4.47. The maximum Gasteiger partial charge on any atom is 0.123 e. The average molecular weight is 224 g/mol. The first kappa shape index (κ1) is 13.1. The van der Waals surface area contributed by atoms with Crippen molar-refractivity contribution >= 4 is 0 Å². The Labute approximate surface area is 97.3 Å². The molecule has 0 aliphatic heterocycles. The summed E-state index contributed by atoms with van der Waals surface area (Å²) >= 11 is 0. The molecular formula is C13H21FN2. The Morgan fingerprint density at radius 1 is 1.06 bits per heavy atom. The summed E-state index contributed by atoms with van der Waals surface area (Å²) in [6.45, 7) is 8.12. The van der Waals surface area contributed by atoms with Gasteiger partial charge in [0.25, 0.3) is 0 Å². The molecule has 2 N–H and O–H groups in total. The van der Waals surface area contributed by atoms with E-state index in [0.717, 1.165) is 18.7 Å². The van der Waals surface area contributed by atoms with Gasteiger partial charge in [-0.05, 0) is 24.6 Å². The summed E-state index contributed by atoms with van der Waals surface area (Å²) in [7, 11) is 0. The van der Waals surface area contributed by atoms with E-state index in [4.69, 9.17) is 0 Å². The molecule has 90 valence electrons. The van der Waals surface area contributed by atoms with Crippen molar-refractivity contribution in [1.29, 1.82) is 0 Å². The quantitative estimate of drug-likeness (QED) is 0.775. The van der Waals surface area contributed by atoms with Gasteiger partial charge in [-0.15, -0.1) is 0 Å². The van der Waals surface area contributed by atoms with Crippen LogP contribution in [0, 0.1) is 5.82 Å². The van der Waals surface area contributed by atoms with Gasteiger partial charge in [0.15, 0.2) is 0 Å². The molecule has 0 bridgehead atoms. The van der Waals surface area contributed by atoms with Gasteiger partial charge in [-0.2, -0.15) is 0 Å². The van der Waals surface area contributed by atoms with E-state index in [1.165, 1.54) is 12.1 Å². The van der Waals surface area contributed by atoms with E-state index in [9.17, 15) is 4.39 Å². The highest BCUT2D eigenvalue weighted by Gasteiger charge is 2.02. The molecular weight excluding hydrogens is 203 g/mol. The van der Waals surface area contributed by atoms with Crippen LogP contribution in [0.1, 0.15) is 26.3 Å². The summed E-state index contributed by atoms with van der Waals surface area (Å²) in [5.41, 5.74) is 1.11. The number of benzene rings is 1. The zero-order chi connectivity index (χ0) is 12.0. The van der Waals surface area contributed by atoms with Gasteiger partial charge in [0.2, 0.25) is 0 Å². The van der Waals surface area contributed by atoms with Gasteiger partial charge in [-0.3, -0.25) is 0 Å². The molecule has 3 heteroatoms. The van der Waals surface area contributed by atoms with Crippen molar-refractivity contribution in [2.24, 2.45) is 0 Å². The number of rotatable bonds is 6. The summed E-state index contributed by atoms with van der Waals surface area (Å²) in [6.07, 6.45) is 0. The van der Waals surface area contributed by atoms with Crippen molar-refractivity contribution in [3.8, 4) is 0 Å². The van der Waals surface area contributed by atoms with Gasteiger partial charge in [-0.1, -0.05) is 26.0 Å². The fourth-order valence-corrected chi connectivity index (χ4v) is 1.38. The first-order valence-electron chi connectivity index (χ1n) is 5.79. The zero-order valence-corrected chi connectivity index (χ0v) is 10.3. The molecule has 0 spiro atoms. The lowest BCUT2D eigenvalue weighted by Gasteiger charge is -2.16. The summed E-state index contributed by atoms with van der Waals surface area (Å²) in [5.74, 6) is -0.182. The lowest BCUT2D eigenvalue weighted by atomic mass is 10.2. The second kappa shape index (κ2) is 6.61. The molecule has 1 aromatic carbocycles. The second-order valence-corrected chi connectivity index (χ2v) is 4.47. The molecule has 1 unspecified atom stereocenters. The molecule has 0 aliphatic rings. The van der Waals surface area contributed by atoms with Crippen molar-refractivity contribution in [3.05, 3.63) is 35.6 Å². The van der Waals surface area contributed by atoms with E-state index in [1.54, 1.807) is 0 Å². The van der Waals surface area contributed by atoms with Gasteiger partial charge in [0.05, 0.1) is 0 Å². The van der Waals surface area contributed by atoms with Crippen molar-refractivity contribution < 1.29 is 4.39 Å². The van der Waals surface area contributed by atoms with E-state index >= 15 is 0 Å². The van der Waals surface area contributed by atoms with Crippen LogP contribution >= 0.6 is 0 Å². The predicted octanol–water partition coefficient (Wildman–Crippen LogP) is 2.30. The fourth-order valence-electron chi connectivity index (χ4n) is 1.38. The molecule has 1 atom stereocenters. The molecule has 16 heavy (non-hydrogen) atoms. The molecule has 0 saturated carbocycles. The van der Waals surface area contributed by atoms with Crippen LogP contribution in [0.2, 0.25) is 0 Å². The lowest BCUT2D eigenvalue weighted by Crippen LogP contribution is -2.38. The minimum atomic E-state index is -0.182. The van der Waals surface area contributed by atoms with E-state index in [2.05, 4.69) is 31.4 Å². The van der Waals surface area contributed by atoms with Crippen LogP contribution in [0.4, 0.5) is 4.39 Å². The molecule has 1 aromatic rings. The predicted molar refractivity (Wildman–Crippen MR) is 65.8 cm³/mol. The minimum absolute atomic E-state index is 0.182. The lowest BCUT2D eigenvalue weighted by molar-refractivity contribution is 0.473. The monoisotopic (exact) mass is 224 g/mol. The number of hydrogen-bond donors (Lipinski definition) is 2. The SMILES string of the molecule is CC(C)NCC(C)NCc1ccc(F)cc1. The third-order valence-electron chi connectivity index (χ3n) is 2.40. The van der Waals surface area contributed by atoms with Gasteiger partial charge < -0.3 is 10.6 Å². The Bertz CT molecular complexity index is 295. The van der Waals surface area contributed by atoms with Crippen LogP contribution in [-0.4, -0.2) is 18.6 Å². The number of halogens is 1. The summed E-state index contributed by atoms with van der Waals surface area (Å²) in [6, 6.07) is 7.53. The Kier molecular flexibility index (Phi) is 5.43. The van der Waals surface area contributed by atoms with Crippen LogP contribution in [0.25, 0.3) is 0 Å². The molecule has 0 amide bonds. The van der Waals surface area contributed by atoms with E-state index in [1.807, 2.05) is 12.1 Å². The van der Waals surface area contributed by atoms with Crippen LogP contribution < -0.4 is 10.6 Å². The minimum Gasteiger partial charge on any atom is -0.313 e. The number of nitrogens with one attached hydrogen (secondary N) is 2. The van der Waals surface area contributed by atoms with Gasteiger partial charge in [-0.25, -0.2) is 4.39 Å². The van der Waals surface area contributed by atoms with Crippen LogP contribution in [-0.2, 0) is 6.54 Å². The maximum atomic E-state index is 12.7. The van der Waals surface area contributed by atoms with Gasteiger partial charge >= 0.3 is 0 Å². The Morgan fingerprint density at radius 3 is 2.25 bits per heavy atom. The highest BCUT2D eigenvalue weighted by molar-refractivity contribution is 5.15. The first-order chi connectivity index (χ1) is 7.58. The average Bonchev–Trinajstić information content (AvgIpc) is 2.25. The van der Waals surface area contributed by atoms with E-state index < -0.39 is 0 Å². The molecule has 0 radical (unpaired) electrons. The Balaban J connectivity index is 2.26. The third-order valence-corrected chi connectivity index (χ3v) is 2.40. The smallest absolute Gasteiger partial charge is 0.123 e. The molecule has 0 fully saturated rings. The highest BCUT2D eigenvalue weighted by Crippen LogP contribution is 2.02. The van der Waals surface area contributed by atoms with Crippen molar-refractivity contribution in [2.75, 3.05) is 6.54 Å². The van der Waals surface area contributed by atoms with Crippen molar-refractivity contribution in [1.82, 2.24) is 10.6 Å². The fraction of sp³-hybridized carbons (Fsp3) is 0.538.